The fourth-order valence-electron chi connectivity index (χ4n) is 9.14. The SMILES string of the molecule is COCc1ccc(OCCCCCCCCCCOc2ccc(C(C)=O)cc2)cc1.COCc1ccc2c(c1)C(=O)N(c1ccc(C(C)=O)cc1)C2=O.CO[C@H]1CO[C@@H]2[C@H]1OC[C@H]2OC.COc1ccc(OC)c(C(C)(C)C)c1. The lowest BCUT2D eigenvalue weighted by molar-refractivity contribution is -0.0267. The van der Waals surface area contributed by atoms with Gasteiger partial charge >= 0.3 is 0 Å². The molecule has 0 aliphatic carbocycles. The zero-order valence-corrected chi connectivity index (χ0v) is 48.3. The van der Waals surface area contributed by atoms with Gasteiger partial charge in [-0.2, -0.15) is 0 Å². The van der Waals surface area contributed by atoms with Gasteiger partial charge in [-0.1, -0.05) is 77.5 Å². The van der Waals surface area contributed by atoms with E-state index in [-0.39, 0.29) is 53.2 Å². The van der Waals surface area contributed by atoms with Crippen molar-refractivity contribution in [3.05, 3.63) is 148 Å². The number of imide groups is 1. The monoisotopic (exact) mass is 1090 g/mol. The second kappa shape index (κ2) is 32.6. The second-order valence-electron chi connectivity index (χ2n) is 20.5. The van der Waals surface area contributed by atoms with E-state index >= 15 is 0 Å². The Morgan fingerprint density at radius 1 is 0.519 bits per heavy atom. The topological polar surface area (TPSA) is 164 Å². The maximum absolute atomic E-state index is 12.6. The standard InChI is InChI=1S/C26H36O4.C18H15NO4.C12H18O2.C8H14O4/c1-22(27)24-13-17-26(18-14-24)30-20-10-8-6-4-3-5-7-9-19-29-25-15-11-23(12-16-25)21-28-2;1-11(20)13-4-6-14(7-5-13)19-17(21)15-8-3-12(10-23-2)9-16(15)18(19)22;1-12(2,3)10-8-9(13-4)6-7-11(10)14-5;1-9-5-3-11-8-6(10-2)4-12-7(5)8/h11-18H,3-10,19-21H2,1-2H3;3-9H,10H2,1-2H3;6-8H,1-5H3;5-8H,3-4H2,1-2H3/t;;;5-,6+,7-,8-/m...0/s1. The first-order valence-electron chi connectivity index (χ1n) is 27.1. The minimum absolute atomic E-state index is 0.0666. The Labute approximate surface area is 468 Å². The molecule has 0 bridgehead atoms. The van der Waals surface area contributed by atoms with Crippen molar-refractivity contribution in [3.63, 3.8) is 0 Å². The van der Waals surface area contributed by atoms with E-state index in [1.54, 1.807) is 92.0 Å². The van der Waals surface area contributed by atoms with E-state index in [0.717, 1.165) is 65.1 Å². The number of rotatable bonds is 24. The highest BCUT2D eigenvalue weighted by Crippen LogP contribution is 2.35. The highest BCUT2D eigenvalue weighted by molar-refractivity contribution is 6.34. The van der Waals surface area contributed by atoms with Crippen LogP contribution in [0.5, 0.6) is 23.0 Å². The zero-order valence-electron chi connectivity index (χ0n) is 48.3. The quantitative estimate of drug-likeness (QED) is 0.0326. The predicted octanol–water partition coefficient (Wildman–Crippen LogP) is 12.3. The molecule has 4 atom stereocenters. The van der Waals surface area contributed by atoms with Gasteiger partial charge in [0, 0.05) is 45.1 Å². The van der Waals surface area contributed by atoms with Crippen molar-refractivity contribution in [2.45, 2.75) is 129 Å². The Morgan fingerprint density at radius 2 is 0.962 bits per heavy atom. The molecule has 2 amide bonds. The predicted molar refractivity (Wildman–Crippen MR) is 306 cm³/mol. The van der Waals surface area contributed by atoms with Crippen molar-refractivity contribution in [2.75, 3.05) is 74.0 Å². The van der Waals surface area contributed by atoms with E-state index in [2.05, 4.69) is 20.8 Å². The molecule has 0 aromatic heterocycles. The molecule has 3 aliphatic rings. The van der Waals surface area contributed by atoms with Crippen LogP contribution in [-0.4, -0.2) is 117 Å². The lowest BCUT2D eigenvalue weighted by Gasteiger charge is -2.22. The van der Waals surface area contributed by atoms with Crippen LogP contribution in [0.4, 0.5) is 5.69 Å². The van der Waals surface area contributed by atoms with Gasteiger partial charge in [0.15, 0.2) is 11.6 Å². The minimum Gasteiger partial charge on any atom is -0.497 e. The Bertz CT molecular complexity index is 2650. The number of methoxy groups -OCH3 is 6. The number of nitrogens with zero attached hydrogens (tertiary/aromatic N) is 1. The van der Waals surface area contributed by atoms with Crippen LogP contribution in [0.15, 0.2) is 109 Å². The van der Waals surface area contributed by atoms with Crippen molar-refractivity contribution >= 4 is 29.1 Å². The average molecular weight is 1090 g/mol. The van der Waals surface area contributed by atoms with Gasteiger partial charge in [-0.05, 0) is 134 Å². The summed E-state index contributed by atoms with van der Waals surface area (Å²) < 4.78 is 53.7. The first-order chi connectivity index (χ1) is 38.1. The molecule has 3 aliphatic heterocycles. The molecule has 5 aromatic carbocycles. The first kappa shape index (κ1) is 63.4. The van der Waals surface area contributed by atoms with Crippen LogP contribution in [0.3, 0.4) is 0 Å². The lowest BCUT2D eigenvalue weighted by Crippen LogP contribution is -2.32. The van der Waals surface area contributed by atoms with Gasteiger partial charge in [0.2, 0.25) is 0 Å². The number of carbonyl (C=O) groups is 4. The summed E-state index contributed by atoms with van der Waals surface area (Å²) in [4.78, 5) is 48.8. The molecule has 5 aromatic rings. The van der Waals surface area contributed by atoms with E-state index in [9.17, 15) is 19.2 Å². The largest absolute Gasteiger partial charge is 0.497 e. The van der Waals surface area contributed by atoms with Crippen LogP contribution in [0.1, 0.15) is 144 Å². The molecular formula is C64H83NO14. The van der Waals surface area contributed by atoms with Gasteiger partial charge in [0.05, 0.1) is 70.7 Å². The molecular weight excluding hydrogens is 1010 g/mol. The fourth-order valence-corrected chi connectivity index (χ4v) is 9.14. The number of ketones is 2. The first-order valence-corrected chi connectivity index (χ1v) is 27.1. The third-order valence-electron chi connectivity index (χ3n) is 13.6. The van der Waals surface area contributed by atoms with Crippen molar-refractivity contribution in [1.29, 1.82) is 0 Å². The Morgan fingerprint density at radius 3 is 1.42 bits per heavy atom. The Kier molecular flexibility index (Phi) is 26.1. The third-order valence-corrected chi connectivity index (χ3v) is 13.6. The number of fused-ring (bicyclic) bond motifs is 2. The summed E-state index contributed by atoms with van der Waals surface area (Å²) in [6, 6.07) is 32.9. The minimum atomic E-state index is -0.362. The molecule has 2 saturated heterocycles. The van der Waals surface area contributed by atoms with Gasteiger partial charge in [-0.15, -0.1) is 0 Å². The number of Topliss-reactive ketones (excluding diaryl/α,β-unsaturated/α-hetero) is 2. The highest BCUT2D eigenvalue weighted by atomic mass is 16.6. The van der Waals surface area contributed by atoms with E-state index < -0.39 is 0 Å². The molecule has 0 spiro atoms. The van der Waals surface area contributed by atoms with Gasteiger partial charge in [-0.25, -0.2) is 4.90 Å². The van der Waals surface area contributed by atoms with Crippen LogP contribution >= 0.6 is 0 Å². The third kappa shape index (κ3) is 19.1. The summed E-state index contributed by atoms with van der Waals surface area (Å²) in [5.74, 6) is 2.86. The van der Waals surface area contributed by atoms with Gasteiger partial charge in [0.1, 0.15) is 47.4 Å². The summed E-state index contributed by atoms with van der Waals surface area (Å²) in [6.07, 6.45) is 10.0. The van der Waals surface area contributed by atoms with Crippen LogP contribution in [0, 0.1) is 0 Å². The summed E-state index contributed by atoms with van der Waals surface area (Å²) in [6.45, 7) is 13.3. The number of benzene rings is 5. The van der Waals surface area contributed by atoms with Crippen LogP contribution in [0.25, 0.3) is 0 Å². The number of anilines is 1. The lowest BCUT2D eigenvalue weighted by atomic mass is 9.86. The number of carbonyl (C=O) groups excluding carboxylic acids is 4. The maximum atomic E-state index is 12.6. The summed E-state index contributed by atoms with van der Waals surface area (Å²) >= 11 is 0. The van der Waals surface area contributed by atoms with Crippen LogP contribution < -0.4 is 23.8 Å². The molecule has 8 rings (SSSR count). The molecule has 79 heavy (non-hydrogen) atoms. The van der Waals surface area contributed by atoms with Crippen molar-refractivity contribution in [3.8, 4) is 23.0 Å². The van der Waals surface area contributed by atoms with Crippen LogP contribution in [0.2, 0.25) is 0 Å². The van der Waals surface area contributed by atoms with Gasteiger partial charge in [0.25, 0.3) is 11.8 Å². The molecule has 15 nitrogen and oxygen atoms in total. The normalized spacial score (nSPS) is 17.0. The maximum Gasteiger partial charge on any atom is 0.266 e. The Balaban J connectivity index is 0.000000206. The number of ether oxygens (including phenoxy) is 10. The fraction of sp³-hybridized carbons (Fsp3) is 0.469. The molecule has 0 unspecified atom stereocenters. The van der Waals surface area contributed by atoms with Crippen molar-refractivity contribution in [1.82, 2.24) is 0 Å². The second-order valence-corrected chi connectivity index (χ2v) is 20.5. The molecule has 0 N–H and O–H groups in total. The molecule has 3 heterocycles. The van der Waals surface area contributed by atoms with Gasteiger partial charge < -0.3 is 47.4 Å². The summed E-state index contributed by atoms with van der Waals surface area (Å²) in [5.41, 5.74) is 5.71. The van der Waals surface area contributed by atoms with Crippen molar-refractivity contribution < 1.29 is 66.5 Å². The molecule has 0 radical (unpaired) electrons. The number of hydrogen-bond donors (Lipinski definition) is 0. The summed E-state index contributed by atoms with van der Waals surface area (Å²) in [5, 5.41) is 0. The molecule has 15 heteroatoms. The van der Waals surface area contributed by atoms with E-state index in [1.807, 2.05) is 66.7 Å². The average Bonchev–Trinajstić information content (AvgIpc) is 4.21. The van der Waals surface area contributed by atoms with E-state index in [0.29, 0.717) is 48.8 Å². The summed E-state index contributed by atoms with van der Waals surface area (Å²) in [7, 11) is 10.0. The van der Waals surface area contributed by atoms with Crippen LogP contribution in [-0.2, 0) is 47.0 Å². The van der Waals surface area contributed by atoms with Gasteiger partial charge in [-0.3, -0.25) is 19.2 Å². The molecule has 428 valence electrons. The smallest absolute Gasteiger partial charge is 0.266 e. The number of unbranched alkanes of at least 4 members (excludes halogenated alkanes) is 7. The van der Waals surface area contributed by atoms with E-state index in [1.165, 1.54) is 56.6 Å². The highest BCUT2D eigenvalue weighted by Gasteiger charge is 2.48. The zero-order chi connectivity index (χ0) is 57.3. The van der Waals surface area contributed by atoms with E-state index in [4.69, 9.17) is 47.4 Å². The van der Waals surface area contributed by atoms with Crippen molar-refractivity contribution in [2.24, 2.45) is 0 Å². The number of amides is 2. The number of hydrogen-bond acceptors (Lipinski definition) is 14. The molecule has 0 saturated carbocycles. The Hall–Kier alpha value is -6.46. The molecule has 2 fully saturated rings.